The molecule has 0 aliphatic heterocycles. The Hall–Kier alpha value is -3.32. The van der Waals surface area contributed by atoms with Crippen LogP contribution in [0.4, 0.5) is 0 Å². The van der Waals surface area contributed by atoms with Gasteiger partial charge < -0.3 is 19.5 Å². The summed E-state index contributed by atoms with van der Waals surface area (Å²) in [5, 5.41) is 4.90. The van der Waals surface area contributed by atoms with Gasteiger partial charge in [-0.1, -0.05) is 0 Å². The van der Waals surface area contributed by atoms with E-state index in [0.717, 1.165) is 32.4 Å². The molecule has 2 heterocycles. The van der Waals surface area contributed by atoms with E-state index in [1.807, 2.05) is 42.5 Å². The quantitative estimate of drug-likeness (QED) is 0.512. The van der Waals surface area contributed by atoms with Crippen molar-refractivity contribution in [2.24, 2.45) is 0 Å². The molecule has 0 aliphatic rings. The zero-order chi connectivity index (χ0) is 20.4. The first-order valence-electron chi connectivity index (χ1n) is 8.98. The lowest BCUT2D eigenvalue weighted by atomic mass is 10.1. The minimum Gasteiger partial charge on any atom is -0.497 e. The summed E-state index contributed by atoms with van der Waals surface area (Å²) in [7, 11) is 4.83. The fourth-order valence-corrected chi connectivity index (χ4v) is 4.04. The zero-order valence-corrected chi connectivity index (χ0v) is 17.1. The second-order valence-corrected chi connectivity index (χ2v) is 7.44. The maximum absolute atomic E-state index is 12.7. The molecule has 2 aromatic carbocycles. The molecular formula is C22H20N2O4S. The highest BCUT2D eigenvalue weighted by molar-refractivity contribution is 7.20. The molecule has 0 saturated carbocycles. The Bertz CT molecular complexity index is 1200. The van der Waals surface area contributed by atoms with Gasteiger partial charge in [-0.25, -0.2) is 4.98 Å². The molecule has 0 fully saturated rings. The number of aromatic nitrogens is 1. The van der Waals surface area contributed by atoms with Gasteiger partial charge in [-0.3, -0.25) is 4.79 Å². The van der Waals surface area contributed by atoms with Crippen LogP contribution in [0.3, 0.4) is 0 Å². The molecule has 4 aromatic rings. The second-order valence-electron chi connectivity index (χ2n) is 6.41. The molecule has 0 unspecified atom stereocenters. The summed E-state index contributed by atoms with van der Waals surface area (Å²) in [6.45, 7) is 0.354. The normalized spacial score (nSPS) is 10.9. The molecule has 0 atom stereocenters. The van der Waals surface area contributed by atoms with E-state index in [4.69, 9.17) is 14.2 Å². The van der Waals surface area contributed by atoms with Crippen LogP contribution >= 0.6 is 11.3 Å². The molecule has 0 radical (unpaired) electrons. The first kappa shape index (κ1) is 19.0. The average Bonchev–Trinajstić information content (AvgIpc) is 3.18. The third-order valence-electron chi connectivity index (χ3n) is 4.67. The van der Waals surface area contributed by atoms with E-state index in [1.54, 1.807) is 27.4 Å². The van der Waals surface area contributed by atoms with Crippen molar-refractivity contribution < 1.29 is 19.0 Å². The van der Waals surface area contributed by atoms with Crippen molar-refractivity contribution >= 4 is 38.4 Å². The molecule has 0 aliphatic carbocycles. The van der Waals surface area contributed by atoms with E-state index < -0.39 is 0 Å². The highest BCUT2D eigenvalue weighted by Gasteiger charge is 2.13. The number of carbonyl (C=O) groups excluding carboxylic acids is 1. The van der Waals surface area contributed by atoms with E-state index >= 15 is 0 Å². The number of amides is 1. The third-order valence-corrected chi connectivity index (χ3v) is 5.71. The van der Waals surface area contributed by atoms with Crippen LogP contribution in [0.5, 0.6) is 17.2 Å². The highest BCUT2D eigenvalue weighted by Crippen LogP contribution is 2.29. The molecule has 148 valence electrons. The van der Waals surface area contributed by atoms with Gasteiger partial charge in [-0.05, 0) is 36.4 Å². The van der Waals surface area contributed by atoms with Crippen LogP contribution in [0.1, 0.15) is 15.2 Å². The number of thiophene rings is 1. The molecule has 0 spiro atoms. The number of carbonyl (C=O) groups is 1. The fourth-order valence-electron chi connectivity index (χ4n) is 3.10. The van der Waals surface area contributed by atoms with Crippen LogP contribution in [0.15, 0.2) is 48.5 Å². The van der Waals surface area contributed by atoms with Crippen molar-refractivity contribution in [1.82, 2.24) is 10.3 Å². The van der Waals surface area contributed by atoms with Gasteiger partial charge in [0.15, 0.2) is 0 Å². The number of fused-ring (bicyclic) bond motifs is 2. The lowest BCUT2D eigenvalue weighted by molar-refractivity contribution is 0.0955. The number of ether oxygens (including phenoxy) is 3. The largest absolute Gasteiger partial charge is 0.497 e. The van der Waals surface area contributed by atoms with Gasteiger partial charge in [-0.15, -0.1) is 11.3 Å². The van der Waals surface area contributed by atoms with Crippen LogP contribution in [-0.2, 0) is 6.54 Å². The summed E-state index contributed by atoms with van der Waals surface area (Å²) in [6.07, 6.45) is 0. The van der Waals surface area contributed by atoms with Crippen molar-refractivity contribution in [2.75, 3.05) is 21.3 Å². The van der Waals surface area contributed by atoms with Crippen LogP contribution in [0, 0.1) is 0 Å². The first-order chi connectivity index (χ1) is 14.1. The summed E-state index contributed by atoms with van der Waals surface area (Å²) in [5.74, 6) is 1.99. The Balaban J connectivity index is 1.56. The Morgan fingerprint density at radius 2 is 1.69 bits per heavy atom. The SMILES string of the molecule is COc1ccc(CNC(=O)c2cc3cc4ccc(OC)cc4nc3s2)c(OC)c1. The van der Waals surface area contributed by atoms with E-state index in [2.05, 4.69) is 10.3 Å². The molecular weight excluding hydrogens is 388 g/mol. The maximum Gasteiger partial charge on any atom is 0.261 e. The Kier molecular flexibility index (Phi) is 5.22. The van der Waals surface area contributed by atoms with Crippen molar-refractivity contribution in [3.8, 4) is 17.2 Å². The van der Waals surface area contributed by atoms with Crippen LogP contribution in [-0.4, -0.2) is 32.2 Å². The molecule has 4 rings (SSSR count). The van der Waals surface area contributed by atoms with Crippen molar-refractivity contribution in [1.29, 1.82) is 0 Å². The fraction of sp³-hybridized carbons (Fsp3) is 0.182. The molecule has 1 N–H and O–H groups in total. The smallest absolute Gasteiger partial charge is 0.261 e. The van der Waals surface area contributed by atoms with E-state index in [1.165, 1.54) is 11.3 Å². The van der Waals surface area contributed by atoms with Gasteiger partial charge in [0.2, 0.25) is 0 Å². The van der Waals surface area contributed by atoms with Crippen LogP contribution in [0.2, 0.25) is 0 Å². The number of pyridine rings is 1. The number of methoxy groups -OCH3 is 3. The predicted octanol–water partition coefficient (Wildman–Crippen LogP) is 4.41. The lowest BCUT2D eigenvalue weighted by Gasteiger charge is -2.11. The van der Waals surface area contributed by atoms with Crippen molar-refractivity contribution in [3.63, 3.8) is 0 Å². The van der Waals surface area contributed by atoms with Gasteiger partial charge in [0.25, 0.3) is 5.91 Å². The Morgan fingerprint density at radius 1 is 0.931 bits per heavy atom. The zero-order valence-electron chi connectivity index (χ0n) is 16.3. The summed E-state index contributed by atoms with van der Waals surface area (Å²) >= 11 is 1.37. The molecule has 6 nitrogen and oxygen atoms in total. The van der Waals surface area contributed by atoms with Gasteiger partial charge in [0.05, 0.1) is 31.7 Å². The molecule has 2 aromatic heterocycles. The summed E-state index contributed by atoms with van der Waals surface area (Å²) in [6, 6.07) is 15.2. The number of rotatable bonds is 6. The van der Waals surface area contributed by atoms with Gasteiger partial charge in [-0.2, -0.15) is 0 Å². The van der Waals surface area contributed by atoms with E-state index in [0.29, 0.717) is 22.9 Å². The van der Waals surface area contributed by atoms with Gasteiger partial charge in [0, 0.05) is 35.0 Å². The predicted molar refractivity (Wildman–Crippen MR) is 114 cm³/mol. The van der Waals surface area contributed by atoms with Crippen LogP contribution < -0.4 is 19.5 Å². The van der Waals surface area contributed by atoms with E-state index in [9.17, 15) is 4.79 Å². The third kappa shape index (κ3) is 3.82. The maximum atomic E-state index is 12.7. The Labute approximate surface area is 172 Å². The summed E-state index contributed by atoms with van der Waals surface area (Å²) in [4.78, 5) is 18.8. The van der Waals surface area contributed by atoms with E-state index in [-0.39, 0.29) is 5.91 Å². The summed E-state index contributed by atoms with van der Waals surface area (Å²) in [5.41, 5.74) is 1.72. The number of hydrogen-bond acceptors (Lipinski definition) is 6. The highest BCUT2D eigenvalue weighted by atomic mass is 32.1. The number of hydrogen-bond donors (Lipinski definition) is 1. The number of nitrogens with one attached hydrogen (secondary N) is 1. The standard InChI is InChI=1S/C22H20N2O4S/c1-26-16-6-4-13-8-15-9-20(29-22(15)24-18(13)10-16)21(25)23-12-14-5-7-17(27-2)11-19(14)28-3/h4-11H,12H2,1-3H3,(H,23,25). The molecule has 0 bridgehead atoms. The number of benzene rings is 2. The number of nitrogens with zero attached hydrogens (tertiary/aromatic N) is 1. The molecule has 29 heavy (non-hydrogen) atoms. The monoisotopic (exact) mass is 408 g/mol. The Morgan fingerprint density at radius 3 is 2.45 bits per heavy atom. The molecule has 1 amide bonds. The topological polar surface area (TPSA) is 69.7 Å². The molecule has 7 heteroatoms. The van der Waals surface area contributed by atoms with Gasteiger partial charge in [0.1, 0.15) is 22.1 Å². The average molecular weight is 408 g/mol. The molecule has 0 saturated heterocycles. The van der Waals surface area contributed by atoms with Crippen molar-refractivity contribution in [3.05, 3.63) is 59.0 Å². The minimum absolute atomic E-state index is 0.146. The van der Waals surface area contributed by atoms with Crippen molar-refractivity contribution in [2.45, 2.75) is 6.54 Å². The van der Waals surface area contributed by atoms with Gasteiger partial charge >= 0.3 is 0 Å². The van der Waals surface area contributed by atoms with Crippen LogP contribution in [0.25, 0.3) is 21.1 Å². The lowest BCUT2D eigenvalue weighted by Crippen LogP contribution is -2.22. The second kappa shape index (κ2) is 7.97. The minimum atomic E-state index is -0.146. The summed E-state index contributed by atoms with van der Waals surface area (Å²) < 4.78 is 15.9. The first-order valence-corrected chi connectivity index (χ1v) is 9.80.